The fourth-order valence-corrected chi connectivity index (χ4v) is 3.48. The highest BCUT2D eigenvalue weighted by molar-refractivity contribution is 6.36. The van der Waals surface area contributed by atoms with E-state index in [0.717, 1.165) is 12.8 Å². The normalized spacial score (nSPS) is 17.3. The van der Waals surface area contributed by atoms with E-state index in [1.165, 1.54) is 11.6 Å². The molecule has 0 spiro atoms. The molecule has 2 aliphatic heterocycles. The van der Waals surface area contributed by atoms with Crippen LogP contribution >= 0.6 is 0 Å². The van der Waals surface area contributed by atoms with Gasteiger partial charge in [-0.2, -0.15) is 0 Å². The Morgan fingerprint density at radius 3 is 2.23 bits per heavy atom. The lowest BCUT2D eigenvalue weighted by atomic mass is 9.89. The first-order chi connectivity index (χ1) is 12.6. The molecule has 1 fully saturated rings. The van der Waals surface area contributed by atoms with Crippen LogP contribution in [0.1, 0.15) is 34.7 Å². The van der Waals surface area contributed by atoms with Crippen molar-refractivity contribution in [3.05, 3.63) is 70.4 Å². The lowest BCUT2D eigenvalue weighted by Crippen LogP contribution is -2.40. The summed E-state index contributed by atoms with van der Waals surface area (Å²) in [7, 11) is 0. The van der Waals surface area contributed by atoms with Gasteiger partial charge in [0.05, 0.1) is 10.7 Å². The molecule has 2 aromatic carbocycles. The minimum absolute atomic E-state index is 0.0844. The van der Waals surface area contributed by atoms with Gasteiger partial charge in [0.1, 0.15) is 0 Å². The van der Waals surface area contributed by atoms with Crippen LogP contribution < -0.4 is 10.7 Å². The number of amides is 3. The van der Waals surface area contributed by atoms with Crippen molar-refractivity contribution in [2.45, 2.75) is 18.8 Å². The number of carbonyl (C=O) groups excluding carboxylic acids is 3. The Morgan fingerprint density at radius 2 is 1.54 bits per heavy atom. The molecule has 3 amide bonds. The zero-order valence-corrected chi connectivity index (χ0v) is 14.1. The van der Waals surface area contributed by atoms with Gasteiger partial charge in [0.25, 0.3) is 5.91 Å². The van der Waals surface area contributed by atoms with Crippen molar-refractivity contribution in [2.24, 2.45) is 9.98 Å². The van der Waals surface area contributed by atoms with Crippen LogP contribution in [0.5, 0.6) is 0 Å². The van der Waals surface area contributed by atoms with Gasteiger partial charge < -0.3 is 4.90 Å². The second kappa shape index (κ2) is 6.63. The first kappa shape index (κ1) is 16.3. The molecule has 0 saturated carbocycles. The Hall–Kier alpha value is -3.15. The molecule has 130 valence electrons. The average molecular weight is 347 g/mol. The van der Waals surface area contributed by atoms with Crippen LogP contribution in [-0.2, 0) is 9.59 Å². The van der Waals surface area contributed by atoms with E-state index in [1.807, 2.05) is 23.1 Å². The highest BCUT2D eigenvalue weighted by Gasteiger charge is 2.25. The first-order valence-electron chi connectivity index (χ1n) is 8.62. The maximum Gasteiger partial charge on any atom is 0.338 e. The molecule has 0 aromatic heterocycles. The van der Waals surface area contributed by atoms with E-state index < -0.39 is 11.8 Å². The van der Waals surface area contributed by atoms with Crippen molar-refractivity contribution in [3.63, 3.8) is 0 Å². The van der Waals surface area contributed by atoms with Crippen LogP contribution in [0.25, 0.3) is 0 Å². The third kappa shape index (κ3) is 3.06. The van der Waals surface area contributed by atoms with Gasteiger partial charge in [0.15, 0.2) is 0 Å². The van der Waals surface area contributed by atoms with Crippen molar-refractivity contribution in [3.8, 4) is 0 Å². The van der Waals surface area contributed by atoms with E-state index in [2.05, 4.69) is 22.1 Å². The molecule has 2 heterocycles. The van der Waals surface area contributed by atoms with Crippen LogP contribution in [-0.4, -0.2) is 35.7 Å². The molecule has 0 aliphatic carbocycles. The van der Waals surface area contributed by atoms with E-state index >= 15 is 0 Å². The second-order valence-corrected chi connectivity index (χ2v) is 6.51. The van der Waals surface area contributed by atoms with Gasteiger partial charge in [-0.15, -0.1) is 0 Å². The monoisotopic (exact) mass is 347 g/mol. The van der Waals surface area contributed by atoms with Crippen molar-refractivity contribution in [1.82, 2.24) is 4.90 Å². The molecular weight excluding hydrogens is 330 g/mol. The lowest BCUT2D eigenvalue weighted by Gasteiger charge is -2.32. The number of piperidine rings is 1. The highest BCUT2D eigenvalue weighted by Crippen LogP contribution is 2.28. The van der Waals surface area contributed by atoms with Gasteiger partial charge in [-0.05, 0) is 42.5 Å². The van der Waals surface area contributed by atoms with Crippen LogP contribution in [0.3, 0.4) is 0 Å². The number of fused-ring (bicyclic) bond motifs is 1. The third-order valence-electron chi connectivity index (χ3n) is 4.90. The Bertz CT molecular complexity index is 1010. The number of carbonyl (C=O) groups is 3. The Labute approximate surface area is 149 Å². The van der Waals surface area contributed by atoms with Crippen LogP contribution in [0, 0.1) is 0 Å². The molecule has 2 aliphatic rings. The third-order valence-corrected chi connectivity index (χ3v) is 4.90. The number of benzene rings is 2. The number of likely N-dealkylation sites (tertiary alicyclic amines) is 1. The molecule has 6 heteroatoms. The maximum atomic E-state index is 12.8. The molecule has 6 nitrogen and oxygen atoms in total. The molecule has 2 aromatic rings. The molecule has 0 unspecified atom stereocenters. The number of hydrogen-bond acceptors (Lipinski definition) is 3. The van der Waals surface area contributed by atoms with Crippen LogP contribution in [0.15, 0.2) is 58.5 Å². The SMILES string of the molecule is O=C1N=c2ccc(C(=O)N3CCC(c4ccccc4)CC3)cc2=NC1=O. The Kier molecular flexibility index (Phi) is 4.16. The van der Waals surface area contributed by atoms with Crippen molar-refractivity contribution < 1.29 is 14.4 Å². The average Bonchev–Trinajstić information content (AvgIpc) is 2.69. The van der Waals surface area contributed by atoms with Crippen LogP contribution in [0.2, 0.25) is 0 Å². The summed E-state index contributed by atoms with van der Waals surface area (Å²) < 4.78 is 0. The maximum absolute atomic E-state index is 12.8. The summed E-state index contributed by atoms with van der Waals surface area (Å²) >= 11 is 0. The molecule has 4 rings (SSSR count). The fraction of sp³-hybridized carbons (Fsp3) is 0.250. The summed E-state index contributed by atoms with van der Waals surface area (Å²) in [5, 5.41) is 0.605. The molecule has 0 radical (unpaired) electrons. The zero-order chi connectivity index (χ0) is 18.1. The van der Waals surface area contributed by atoms with Crippen molar-refractivity contribution in [2.75, 3.05) is 13.1 Å². The lowest BCUT2D eigenvalue weighted by molar-refractivity contribution is -0.135. The first-order valence-corrected chi connectivity index (χ1v) is 8.62. The Morgan fingerprint density at radius 1 is 0.885 bits per heavy atom. The topological polar surface area (TPSA) is 79.2 Å². The summed E-state index contributed by atoms with van der Waals surface area (Å²) in [6.45, 7) is 1.38. The smallest absolute Gasteiger partial charge is 0.338 e. The van der Waals surface area contributed by atoms with Gasteiger partial charge in [-0.3, -0.25) is 14.4 Å². The summed E-state index contributed by atoms with van der Waals surface area (Å²) in [4.78, 5) is 44.7. The molecule has 0 bridgehead atoms. The van der Waals surface area contributed by atoms with Crippen molar-refractivity contribution >= 4 is 17.7 Å². The van der Waals surface area contributed by atoms with E-state index in [9.17, 15) is 14.4 Å². The zero-order valence-electron chi connectivity index (χ0n) is 14.1. The highest BCUT2D eigenvalue weighted by atomic mass is 16.2. The summed E-state index contributed by atoms with van der Waals surface area (Å²) in [6.07, 6.45) is 1.85. The molecule has 26 heavy (non-hydrogen) atoms. The van der Waals surface area contributed by atoms with E-state index in [4.69, 9.17) is 0 Å². The summed E-state index contributed by atoms with van der Waals surface area (Å²) in [5.74, 6) is -1.38. The fourth-order valence-electron chi connectivity index (χ4n) is 3.48. The van der Waals surface area contributed by atoms with E-state index in [0.29, 0.717) is 29.9 Å². The minimum atomic E-state index is -0.897. The quantitative estimate of drug-likeness (QED) is 0.761. The van der Waals surface area contributed by atoms with Crippen molar-refractivity contribution in [1.29, 1.82) is 0 Å². The molecule has 1 saturated heterocycles. The largest absolute Gasteiger partial charge is 0.339 e. The minimum Gasteiger partial charge on any atom is -0.339 e. The number of rotatable bonds is 2. The van der Waals surface area contributed by atoms with E-state index in [1.54, 1.807) is 12.1 Å². The van der Waals surface area contributed by atoms with E-state index in [-0.39, 0.29) is 11.3 Å². The van der Waals surface area contributed by atoms with Gasteiger partial charge >= 0.3 is 11.8 Å². The van der Waals surface area contributed by atoms with Gasteiger partial charge in [0, 0.05) is 18.7 Å². The standard InChI is InChI=1S/C20H17N3O3/c24-18-19(25)22-17-12-15(6-7-16(17)21-18)20(26)23-10-8-14(9-11-23)13-4-2-1-3-5-13/h1-7,12,14H,8-11H2. The summed E-state index contributed by atoms with van der Waals surface area (Å²) in [5.41, 5.74) is 1.78. The Balaban J connectivity index is 1.51. The predicted octanol–water partition coefficient (Wildman–Crippen LogP) is 1.01. The molecular formula is C20H17N3O3. The molecule has 0 N–H and O–H groups in total. The number of hydrogen-bond donors (Lipinski definition) is 0. The summed E-state index contributed by atoms with van der Waals surface area (Å²) in [6, 6.07) is 15.1. The molecule has 0 atom stereocenters. The van der Waals surface area contributed by atoms with Gasteiger partial charge in [-0.1, -0.05) is 30.3 Å². The number of nitrogens with zero attached hydrogens (tertiary/aromatic N) is 3. The van der Waals surface area contributed by atoms with Gasteiger partial charge in [0.2, 0.25) is 0 Å². The second-order valence-electron chi connectivity index (χ2n) is 6.51. The van der Waals surface area contributed by atoms with Gasteiger partial charge in [-0.25, -0.2) is 9.98 Å². The van der Waals surface area contributed by atoms with Crippen LogP contribution in [0.4, 0.5) is 0 Å². The predicted molar refractivity (Wildman–Crippen MR) is 93.1 cm³/mol.